The van der Waals surface area contributed by atoms with Gasteiger partial charge in [-0.1, -0.05) is 0 Å². The molecule has 0 saturated heterocycles. The Morgan fingerprint density at radius 3 is 1.92 bits per heavy atom. The third-order valence-electron chi connectivity index (χ3n) is 0.737. The molecule has 0 atom stereocenters. The van der Waals surface area contributed by atoms with Gasteiger partial charge in [-0.05, 0) is 0 Å². The highest BCUT2D eigenvalue weighted by Gasteiger charge is 2.14. The van der Waals surface area contributed by atoms with E-state index in [9.17, 15) is 14.4 Å². The van der Waals surface area contributed by atoms with Gasteiger partial charge in [0.15, 0.2) is 0 Å². The summed E-state index contributed by atoms with van der Waals surface area (Å²) in [5.41, 5.74) is 4.56. The summed E-state index contributed by atoms with van der Waals surface area (Å²) in [5.74, 6) is -3.38. The molecule has 0 aromatic carbocycles. The largest absolute Gasteiger partial charge is 0.498 e. The van der Waals surface area contributed by atoms with Gasteiger partial charge < -0.3 is 20.3 Å². The van der Waals surface area contributed by atoms with Gasteiger partial charge in [-0.15, -0.1) is 0 Å². The van der Waals surface area contributed by atoms with Gasteiger partial charge in [0, 0.05) is 0 Å². The minimum atomic E-state index is -1.28. The SMILES string of the molecule is NC(=O)C(O)=C(OC=O)OC=O. The zero-order chi connectivity index (χ0) is 9.56. The number of carbonyl (C=O) groups excluding carboxylic acids is 3. The molecule has 12 heavy (non-hydrogen) atoms. The number of hydrogen-bond donors (Lipinski definition) is 2. The van der Waals surface area contributed by atoms with Crippen molar-refractivity contribution in [3.05, 3.63) is 11.7 Å². The number of amides is 1. The molecule has 0 bridgehead atoms. The first-order valence-corrected chi connectivity index (χ1v) is 2.57. The minimum Gasteiger partial charge on any atom is -0.498 e. The van der Waals surface area contributed by atoms with E-state index in [0.29, 0.717) is 0 Å². The summed E-state index contributed by atoms with van der Waals surface area (Å²) in [5, 5.41) is 8.69. The summed E-state index contributed by atoms with van der Waals surface area (Å²) >= 11 is 0. The number of aliphatic hydroxyl groups excluding tert-OH is 1. The van der Waals surface area contributed by atoms with Crippen molar-refractivity contribution in [2.24, 2.45) is 5.73 Å². The normalized spacial score (nSPS) is 8.00. The Balaban J connectivity index is 4.64. The summed E-state index contributed by atoms with van der Waals surface area (Å²) < 4.78 is 7.80. The van der Waals surface area contributed by atoms with E-state index in [1.165, 1.54) is 0 Å². The fraction of sp³-hybridized carbons (Fsp3) is 0. The van der Waals surface area contributed by atoms with Gasteiger partial charge >= 0.3 is 18.9 Å². The van der Waals surface area contributed by atoms with Crippen LogP contribution in [0.5, 0.6) is 0 Å². The van der Waals surface area contributed by atoms with Crippen molar-refractivity contribution in [3.8, 4) is 0 Å². The molecule has 0 aromatic rings. The van der Waals surface area contributed by atoms with Gasteiger partial charge in [-0.3, -0.25) is 14.4 Å². The predicted octanol–water partition coefficient (Wildman–Crippen LogP) is -1.46. The lowest BCUT2D eigenvalue weighted by Gasteiger charge is -2.00. The molecule has 0 spiro atoms. The Morgan fingerprint density at radius 1 is 1.25 bits per heavy atom. The second kappa shape index (κ2) is 4.72. The van der Waals surface area contributed by atoms with Crippen molar-refractivity contribution in [2.75, 3.05) is 0 Å². The molecule has 0 aliphatic heterocycles. The first-order chi connectivity index (χ1) is 5.63. The van der Waals surface area contributed by atoms with Crippen molar-refractivity contribution in [1.29, 1.82) is 0 Å². The molecule has 7 nitrogen and oxygen atoms in total. The maximum absolute atomic E-state index is 10.2. The van der Waals surface area contributed by atoms with E-state index < -0.39 is 17.6 Å². The number of nitrogens with two attached hydrogens (primary N) is 1. The molecule has 1 amide bonds. The minimum absolute atomic E-state index is 0.141. The fourth-order valence-corrected chi connectivity index (χ4v) is 0.327. The molecule has 0 radical (unpaired) electrons. The van der Waals surface area contributed by atoms with Crippen molar-refractivity contribution in [2.45, 2.75) is 0 Å². The second-order valence-electron chi connectivity index (χ2n) is 1.43. The van der Waals surface area contributed by atoms with Crippen LogP contribution in [0, 0.1) is 0 Å². The lowest BCUT2D eigenvalue weighted by Crippen LogP contribution is -2.17. The molecule has 0 rings (SSSR count). The van der Waals surface area contributed by atoms with Gasteiger partial charge in [-0.25, -0.2) is 0 Å². The zero-order valence-corrected chi connectivity index (χ0v) is 5.72. The van der Waals surface area contributed by atoms with E-state index in [1.807, 2.05) is 0 Å². The van der Waals surface area contributed by atoms with Crippen LogP contribution < -0.4 is 5.73 Å². The highest BCUT2D eigenvalue weighted by molar-refractivity contribution is 5.89. The third kappa shape index (κ3) is 2.69. The maximum atomic E-state index is 10.2. The molecular formula is C5H5NO6. The zero-order valence-electron chi connectivity index (χ0n) is 5.72. The molecule has 0 aliphatic rings. The van der Waals surface area contributed by atoms with E-state index in [1.54, 1.807) is 0 Å². The summed E-state index contributed by atoms with van der Waals surface area (Å²) in [6, 6.07) is 0. The highest BCUT2D eigenvalue weighted by atomic mass is 16.7. The lowest BCUT2D eigenvalue weighted by atomic mass is 10.5. The molecule has 7 heteroatoms. The van der Waals surface area contributed by atoms with Gasteiger partial charge in [0.2, 0.25) is 0 Å². The second-order valence-corrected chi connectivity index (χ2v) is 1.43. The summed E-state index contributed by atoms with van der Waals surface area (Å²) in [7, 11) is 0. The Bertz CT molecular complexity index is 220. The summed E-state index contributed by atoms with van der Waals surface area (Å²) in [6.07, 6.45) is 0. The van der Waals surface area contributed by atoms with Crippen LogP contribution in [0.1, 0.15) is 0 Å². The van der Waals surface area contributed by atoms with E-state index in [0.717, 1.165) is 0 Å². The Morgan fingerprint density at radius 2 is 1.67 bits per heavy atom. The molecule has 0 fully saturated rings. The molecule has 66 valence electrons. The van der Waals surface area contributed by atoms with Crippen molar-refractivity contribution >= 4 is 18.9 Å². The Labute approximate surface area is 66.4 Å². The molecule has 0 unspecified atom stereocenters. The monoisotopic (exact) mass is 175 g/mol. The number of carbonyl (C=O) groups is 3. The fourth-order valence-electron chi connectivity index (χ4n) is 0.327. The maximum Gasteiger partial charge on any atom is 0.344 e. The third-order valence-corrected chi connectivity index (χ3v) is 0.737. The molecule has 3 N–H and O–H groups in total. The smallest absolute Gasteiger partial charge is 0.344 e. The highest BCUT2D eigenvalue weighted by Crippen LogP contribution is 2.01. The van der Waals surface area contributed by atoms with Gasteiger partial charge in [0.1, 0.15) is 0 Å². The average molecular weight is 175 g/mol. The molecule has 0 heterocycles. The summed E-state index contributed by atoms with van der Waals surface area (Å²) in [6.45, 7) is -0.282. The Kier molecular flexibility index (Phi) is 3.91. The Hall–Kier alpha value is -2.05. The topological polar surface area (TPSA) is 116 Å². The van der Waals surface area contributed by atoms with Gasteiger partial charge in [0.05, 0.1) is 0 Å². The number of primary amides is 1. The molecular weight excluding hydrogens is 170 g/mol. The van der Waals surface area contributed by atoms with Crippen molar-refractivity contribution < 1.29 is 29.0 Å². The molecule has 0 saturated carbocycles. The van der Waals surface area contributed by atoms with Crippen molar-refractivity contribution in [3.63, 3.8) is 0 Å². The summed E-state index contributed by atoms with van der Waals surface area (Å²) in [4.78, 5) is 29.6. The standard InChI is InChI=1S/C5H5NO6/c6-4(10)3(9)5(11-1-7)12-2-8/h1-2,9H,(H2,6,10). The number of rotatable bonds is 5. The average Bonchev–Trinajstić information content (AvgIpc) is 2.03. The van der Waals surface area contributed by atoms with Crippen LogP contribution in [0.15, 0.2) is 11.7 Å². The number of ether oxygens (including phenoxy) is 2. The quantitative estimate of drug-likeness (QED) is 0.300. The number of hydrogen-bond acceptors (Lipinski definition) is 6. The van der Waals surface area contributed by atoms with Crippen LogP contribution in [-0.4, -0.2) is 24.0 Å². The van der Waals surface area contributed by atoms with Crippen LogP contribution in [0.4, 0.5) is 0 Å². The van der Waals surface area contributed by atoms with Gasteiger partial charge in [-0.2, -0.15) is 0 Å². The number of aliphatic hydroxyl groups is 1. The van der Waals surface area contributed by atoms with Crippen LogP contribution in [0.2, 0.25) is 0 Å². The van der Waals surface area contributed by atoms with E-state index in [-0.39, 0.29) is 12.9 Å². The van der Waals surface area contributed by atoms with E-state index in [2.05, 4.69) is 15.2 Å². The van der Waals surface area contributed by atoms with E-state index >= 15 is 0 Å². The lowest BCUT2D eigenvalue weighted by molar-refractivity contribution is -0.139. The predicted molar refractivity (Wildman–Crippen MR) is 33.1 cm³/mol. The molecule has 0 aromatic heterocycles. The van der Waals surface area contributed by atoms with Crippen LogP contribution >= 0.6 is 0 Å². The first kappa shape index (κ1) is 9.95. The van der Waals surface area contributed by atoms with E-state index in [4.69, 9.17) is 5.11 Å². The van der Waals surface area contributed by atoms with Crippen LogP contribution in [0.25, 0.3) is 0 Å². The van der Waals surface area contributed by atoms with Crippen LogP contribution in [0.3, 0.4) is 0 Å². The van der Waals surface area contributed by atoms with Crippen LogP contribution in [-0.2, 0) is 23.9 Å². The van der Waals surface area contributed by atoms with Crippen molar-refractivity contribution in [1.82, 2.24) is 0 Å². The van der Waals surface area contributed by atoms with Gasteiger partial charge in [0.25, 0.3) is 11.7 Å². The molecule has 0 aliphatic carbocycles. The first-order valence-electron chi connectivity index (χ1n) is 2.57.